The van der Waals surface area contributed by atoms with Crippen molar-refractivity contribution in [3.63, 3.8) is 0 Å². The van der Waals surface area contributed by atoms with Gasteiger partial charge in [0.25, 0.3) is 5.91 Å². The Morgan fingerprint density at radius 3 is 2.82 bits per heavy atom. The number of hydrogen-bond acceptors (Lipinski definition) is 8. The van der Waals surface area contributed by atoms with E-state index in [1.165, 1.54) is 17.5 Å². The van der Waals surface area contributed by atoms with Crippen molar-refractivity contribution in [1.82, 2.24) is 30.4 Å². The molecular formula is C24H16N8OS. The van der Waals surface area contributed by atoms with Gasteiger partial charge in [-0.15, -0.1) is 16.4 Å². The van der Waals surface area contributed by atoms with Gasteiger partial charge in [-0.3, -0.25) is 9.89 Å². The average Bonchev–Trinajstić information content (AvgIpc) is 3.51. The van der Waals surface area contributed by atoms with E-state index in [1.54, 1.807) is 24.5 Å². The monoisotopic (exact) mass is 464 g/mol. The van der Waals surface area contributed by atoms with Gasteiger partial charge < -0.3 is 10.6 Å². The van der Waals surface area contributed by atoms with E-state index in [4.69, 9.17) is 0 Å². The number of nitrogens with one attached hydrogen (secondary N) is 3. The highest BCUT2D eigenvalue weighted by Crippen LogP contribution is 2.26. The van der Waals surface area contributed by atoms with Crippen molar-refractivity contribution in [3.8, 4) is 11.5 Å². The lowest BCUT2D eigenvalue weighted by molar-refractivity contribution is 0.103. The molecule has 0 aliphatic rings. The van der Waals surface area contributed by atoms with Crippen LogP contribution in [0.1, 0.15) is 9.67 Å². The van der Waals surface area contributed by atoms with Crippen LogP contribution in [0.5, 0.6) is 0 Å². The Kier molecular flexibility index (Phi) is 4.89. The lowest BCUT2D eigenvalue weighted by Gasteiger charge is -2.08. The molecule has 0 spiro atoms. The van der Waals surface area contributed by atoms with Crippen LogP contribution in [-0.2, 0) is 0 Å². The Morgan fingerprint density at radius 1 is 0.941 bits per heavy atom. The smallest absolute Gasteiger partial charge is 0.265 e. The van der Waals surface area contributed by atoms with Crippen LogP contribution in [-0.4, -0.2) is 36.3 Å². The topological polar surface area (TPSA) is 121 Å². The molecule has 4 heterocycles. The summed E-state index contributed by atoms with van der Waals surface area (Å²) in [6, 6.07) is 19.1. The molecule has 0 saturated carbocycles. The molecule has 0 unspecified atom stereocenters. The SMILES string of the molecule is O=C(Nc1cnnc(-c2nccc(Nc3ccc4[nH]ncc4c3)n2)c1)c1cc2ccccc2s1. The molecule has 6 aromatic rings. The van der Waals surface area contributed by atoms with Crippen molar-refractivity contribution in [3.05, 3.63) is 84.1 Å². The maximum absolute atomic E-state index is 12.8. The lowest BCUT2D eigenvalue weighted by Crippen LogP contribution is -2.11. The van der Waals surface area contributed by atoms with Crippen LogP contribution < -0.4 is 10.6 Å². The summed E-state index contributed by atoms with van der Waals surface area (Å²) < 4.78 is 1.06. The van der Waals surface area contributed by atoms with E-state index in [2.05, 4.69) is 41.0 Å². The summed E-state index contributed by atoms with van der Waals surface area (Å²) in [7, 11) is 0. The number of rotatable bonds is 5. The first-order valence-electron chi connectivity index (χ1n) is 10.4. The zero-order valence-electron chi connectivity index (χ0n) is 17.6. The van der Waals surface area contributed by atoms with E-state index in [-0.39, 0.29) is 5.91 Å². The fourth-order valence-corrected chi connectivity index (χ4v) is 4.51. The average molecular weight is 465 g/mol. The third-order valence-electron chi connectivity index (χ3n) is 5.16. The molecule has 4 aromatic heterocycles. The normalized spacial score (nSPS) is 11.1. The van der Waals surface area contributed by atoms with Crippen LogP contribution in [0.15, 0.2) is 79.3 Å². The molecule has 3 N–H and O–H groups in total. The largest absolute Gasteiger partial charge is 0.340 e. The van der Waals surface area contributed by atoms with E-state index < -0.39 is 0 Å². The molecule has 164 valence electrons. The maximum Gasteiger partial charge on any atom is 0.265 e. The van der Waals surface area contributed by atoms with Gasteiger partial charge in [-0.1, -0.05) is 18.2 Å². The highest BCUT2D eigenvalue weighted by molar-refractivity contribution is 7.20. The van der Waals surface area contributed by atoms with Crippen molar-refractivity contribution in [1.29, 1.82) is 0 Å². The standard InChI is InChI=1S/C24H16N8OS/c33-24(21-10-14-3-1-2-4-20(14)34-21)29-17-11-19(32-27-13-17)23-25-8-7-22(30-23)28-16-5-6-18-15(9-16)12-26-31-18/h1-13H,(H,26,31)(H,25,28,30)(H,29,32,33). The van der Waals surface area contributed by atoms with Gasteiger partial charge in [0.1, 0.15) is 11.5 Å². The predicted molar refractivity (Wildman–Crippen MR) is 132 cm³/mol. The number of anilines is 3. The fraction of sp³-hybridized carbons (Fsp3) is 0. The van der Waals surface area contributed by atoms with Crippen molar-refractivity contribution < 1.29 is 4.79 Å². The molecule has 0 saturated heterocycles. The minimum Gasteiger partial charge on any atom is -0.340 e. The van der Waals surface area contributed by atoms with Gasteiger partial charge >= 0.3 is 0 Å². The summed E-state index contributed by atoms with van der Waals surface area (Å²) in [5, 5.41) is 23.3. The molecule has 0 atom stereocenters. The number of benzene rings is 2. The number of aromatic nitrogens is 6. The van der Waals surface area contributed by atoms with Crippen molar-refractivity contribution in [2.24, 2.45) is 0 Å². The van der Waals surface area contributed by atoms with Crippen molar-refractivity contribution in [2.45, 2.75) is 0 Å². The summed E-state index contributed by atoms with van der Waals surface area (Å²) in [5.41, 5.74) is 2.79. The minimum absolute atomic E-state index is 0.203. The van der Waals surface area contributed by atoms with E-state index in [0.29, 0.717) is 27.9 Å². The molecule has 9 nitrogen and oxygen atoms in total. The summed E-state index contributed by atoms with van der Waals surface area (Å²) in [5.74, 6) is 0.792. The van der Waals surface area contributed by atoms with E-state index in [9.17, 15) is 4.79 Å². The Hall–Kier alpha value is -4.70. The first kappa shape index (κ1) is 19.9. The third-order valence-corrected chi connectivity index (χ3v) is 6.27. The van der Waals surface area contributed by atoms with Crippen LogP contribution in [0, 0.1) is 0 Å². The van der Waals surface area contributed by atoms with Crippen molar-refractivity contribution in [2.75, 3.05) is 10.6 Å². The molecule has 0 aliphatic carbocycles. The molecule has 6 rings (SSSR count). The highest BCUT2D eigenvalue weighted by Gasteiger charge is 2.13. The number of carbonyl (C=O) groups is 1. The number of thiophene rings is 1. The molecule has 34 heavy (non-hydrogen) atoms. The van der Waals surface area contributed by atoms with Gasteiger partial charge in [0.2, 0.25) is 0 Å². The highest BCUT2D eigenvalue weighted by atomic mass is 32.1. The molecular weight excluding hydrogens is 448 g/mol. The number of H-pyrrole nitrogens is 1. The molecule has 1 amide bonds. The molecule has 0 aliphatic heterocycles. The molecule has 2 aromatic carbocycles. The zero-order valence-corrected chi connectivity index (χ0v) is 18.4. The van der Waals surface area contributed by atoms with Gasteiger partial charge in [-0.25, -0.2) is 9.97 Å². The first-order valence-corrected chi connectivity index (χ1v) is 11.2. The second-order valence-corrected chi connectivity index (χ2v) is 8.58. The first-order chi connectivity index (χ1) is 16.7. The van der Waals surface area contributed by atoms with Gasteiger partial charge in [0, 0.05) is 22.0 Å². The molecule has 0 bridgehead atoms. The minimum atomic E-state index is -0.203. The number of nitrogens with zero attached hydrogens (tertiary/aromatic N) is 5. The van der Waals surface area contributed by atoms with Crippen LogP contribution in [0.2, 0.25) is 0 Å². The number of amides is 1. The number of hydrogen-bond donors (Lipinski definition) is 3. The maximum atomic E-state index is 12.8. The Labute approximate surface area is 196 Å². The fourth-order valence-electron chi connectivity index (χ4n) is 3.55. The summed E-state index contributed by atoms with van der Waals surface area (Å²) in [4.78, 5) is 22.3. The Morgan fingerprint density at radius 2 is 1.88 bits per heavy atom. The van der Waals surface area contributed by atoms with Crippen molar-refractivity contribution >= 4 is 55.4 Å². The predicted octanol–water partition coefficient (Wildman–Crippen LogP) is 5.02. The molecule has 10 heteroatoms. The van der Waals surface area contributed by atoms with E-state index >= 15 is 0 Å². The lowest BCUT2D eigenvalue weighted by atomic mass is 10.2. The Balaban J connectivity index is 1.22. The van der Waals surface area contributed by atoms with Gasteiger partial charge in [0.05, 0.1) is 28.5 Å². The van der Waals surface area contributed by atoms with Gasteiger partial charge in [0.15, 0.2) is 5.82 Å². The second kappa shape index (κ2) is 8.34. The van der Waals surface area contributed by atoms with Crippen LogP contribution in [0.3, 0.4) is 0 Å². The summed E-state index contributed by atoms with van der Waals surface area (Å²) >= 11 is 1.44. The zero-order chi connectivity index (χ0) is 22.9. The van der Waals surface area contributed by atoms with E-state index in [0.717, 1.165) is 26.7 Å². The Bertz CT molecular complexity index is 1620. The summed E-state index contributed by atoms with van der Waals surface area (Å²) in [6.07, 6.45) is 4.91. The number of aromatic amines is 1. The number of fused-ring (bicyclic) bond motifs is 2. The molecule has 0 radical (unpaired) electrons. The summed E-state index contributed by atoms with van der Waals surface area (Å²) in [6.45, 7) is 0. The van der Waals surface area contributed by atoms with Gasteiger partial charge in [-0.05, 0) is 47.9 Å². The van der Waals surface area contributed by atoms with Crippen LogP contribution in [0.4, 0.5) is 17.2 Å². The molecule has 0 fully saturated rings. The third kappa shape index (κ3) is 3.93. The van der Waals surface area contributed by atoms with Crippen LogP contribution >= 0.6 is 11.3 Å². The van der Waals surface area contributed by atoms with E-state index in [1.807, 2.05) is 48.5 Å². The van der Waals surface area contributed by atoms with Crippen LogP contribution in [0.25, 0.3) is 32.5 Å². The van der Waals surface area contributed by atoms with Gasteiger partial charge in [-0.2, -0.15) is 10.2 Å². The number of carbonyl (C=O) groups excluding carboxylic acids is 1. The second-order valence-electron chi connectivity index (χ2n) is 7.49. The quantitative estimate of drug-likeness (QED) is 0.327.